The number of allylic oxidation sites excluding steroid dienone is 6. The van der Waals surface area contributed by atoms with Gasteiger partial charge in [0.1, 0.15) is 0 Å². The number of rotatable bonds is 73. The monoisotopic (exact) mass is 1190 g/mol. The number of aliphatic hydroxyl groups excluding tert-OH is 2. The summed E-state index contributed by atoms with van der Waals surface area (Å²) in [7, 11) is 0. The van der Waals surface area contributed by atoms with E-state index in [0.717, 1.165) is 51.4 Å². The Morgan fingerprint density at radius 2 is 0.588 bits per heavy atom. The quantitative estimate of drug-likeness (QED) is 0.0320. The van der Waals surface area contributed by atoms with Crippen molar-refractivity contribution in [3.05, 3.63) is 36.5 Å². The fourth-order valence-electron chi connectivity index (χ4n) is 12.3. The topological polar surface area (TPSA) is 95.9 Å². The first kappa shape index (κ1) is 83.1. The second-order valence-corrected chi connectivity index (χ2v) is 26.7. The molecule has 0 aliphatic carbocycles. The number of unbranched alkanes of at least 4 members (excludes halogenated alkanes) is 56. The lowest BCUT2D eigenvalue weighted by Gasteiger charge is -2.22. The first-order chi connectivity index (χ1) is 42.0. The van der Waals surface area contributed by atoms with Crippen molar-refractivity contribution in [3.8, 4) is 0 Å². The van der Waals surface area contributed by atoms with Crippen LogP contribution in [0.3, 0.4) is 0 Å². The molecule has 0 bridgehead atoms. The van der Waals surface area contributed by atoms with Crippen LogP contribution in [0.2, 0.25) is 0 Å². The van der Waals surface area contributed by atoms with Crippen molar-refractivity contribution in [2.75, 3.05) is 13.2 Å². The standard InChI is InChI=1S/C79H151NO5/c1-3-5-7-9-11-13-15-17-19-21-22-36-40-43-47-51-55-59-63-67-71-77(82)76(75-81)80-78(83)72-68-64-60-56-52-48-44-41-37-34-32-30-28-26-24-23-25-27-29-31-33-35-38-42-46-50-54-58-62-66-70-74-85-79(84)73-69-65-61-57-53-49-45-39-20-18-16-14-12-10-8-6-4-2/h12,14,18,20,25,27,76-77,81-82H,3-11,13,15-17,19,21-24,26,28-75H2,1-2H3,(H,80,83)/b14-12-,20-18-,27-25-. The fraction of sp³-hybridized carbons (Fsp3) is 0.899. The van der Waals surface area contributed by atoms with E-state index in [1.165, 1.54) is 347 Å². The molecule has 0 spiro atoms. The van der Waals surface area contributed by atoms with E-state index in [1.54, 1.807) is 0 Å². The van der Waals surface area contributed by atoms with Gasteiger partial charge in [-0.3, -0.25) is 9.59 Å². The maximum atomic E-state index is 12.6. The van der Waals surface area contributed by atoms with Gasteiger partial charge in [0.15, 0.2) is 0 Å². The molecule has 502 valence electrons. The van der Waals surface area contributed by atoms with Crippen LogP contribution in [0.25, 0.3) is 0 Å². The Morgan fingerprint density at radius 1 is 0.329 bits per heavy atom. The number of aliphatic hydroxyl groups is 2. The van der Waals surface area contributed by atoms with Crippen molar-refractivity contribution in [1.29, 1.82) is 0 Å². The Bertz CT molecular complexity index is 1380. The van der Waals surface area contributed by atoms with Crippen LogP contribution in [0.5, 0.6) is 0 Å². The molecule has 3 N–H and O–H groups in total. The Hall–Kier alpha value is -1.92. The van der Waals surface area contributed by atoms with Gasteiger partial charge in [0.2, 0.25) is 5.91 Å². The maximum Gasteiger partial charge on any atom is 0.305 e. The predicted octanol–water partition coefficient (Wildman–Crippen LogP) is 25.4. The second kappa shape index (κ2) is 74.5. The molecule has 0 aliphatic heterocycles. The number of esters is 1. The van der Waals surface area contributed by atoms with Crippen molar-refractivity contribution in [2.45, 2.75) is 443 Å². The molecule has 6 heteroatoms. The van der Waals surface area contributed by atoms with Crippen LogP contribution in [-0.2, 0) is 14.3 Å². The number of nitrogens with one attached hydrogen (secondary N) is 1. The molecule has 0 aromatic heterocycles. The van der Waals surface area contributed by atoms with Crippen LogP contribution in [0, 0.1) is 0 Å². The molecule has 0 aromatic carbocycles. The molecule has 0 aliphatic rings. The summed E-state index contributed by atoms with van der Waals surface area (Å²) in [6.45, 7) is 4.97. The number of carbonyl (C=O) groups excluding carboxylic acids is 2. The summed E-state index contributed by atoms with van der Waals surface area (Å²) < 4.78 is 5.50. The van der Waals surface area contributed by atoms with Gasteiger partial charge >= 0.3 is 5.97 Å². The van der Waals surface area contributed by atoms with Crippen molar-refractivity contribution >= 4 is 11.9 Å². The van der Waals surface area contributed by atoms with Gasteiger partial charge in [0, 0.05) is 12.8 Å². The third-order valence-corrected chi connectivity index (χ3v) is 18.2. The molecule has 85 heavy (non-hydrogen) atoms. The largest absolute Gasteiger partial charge is 0.466 e. The number of amides is 1. The highest BCUT2D eigenvalue weighted by atomic mass is 16.5. The summed E-state index contributed by atoms with van der Waals surface area (Å²) in [6.07, 6.45) is 96.5. The molecular formula is C79H151NO5. The zero-order chi connectivity index (χ0) is 61.3. The smallest absolute Gasteiger partial charge is 0.305 e. The second-order valence-electron chi connectivity index (χ2n) is 26.7. The van der Waals surface area contributed by atoms with Crippen LogP contribution in [0.15, 0.2) is 36.5 Å². The Kier molecular flexibility index (Phi) is 72.9. The summed E-state index contributed by atoms with van der Waals surface area (Å²) in [5.74, 6) is -0.0178. The molecule has 0 saturated carbocycles. The van der Waals surface area contributed by atoms with Gasteiger partial charge < -0.3 is 20.3 Å². The first-order valence-electron chi connectivity index (χ1n) is 38.7. The number of hydrogen-bond donors (Lipinski definition) is 3. The Morgan fingerprint density at radius 3 is 0.929 bits per heavy atom. The van der Waals surface area contributed by atoms with Crippen LogP contribution in [-0.4, -0.2) is 47.4 Å². The van der Waals surface area contributed by atoms with Crippen molar-refractivity contribution < 1.29 is 24.5 Å². The summed E-state index contributed by atoms with van der Waals surface area (Å²) >= 11 is 0. The van der Waals surface area contributed by atoms with E-state index in [2.05, 4.69) is 55.6 Å². The SMILES string of the molecule is CCCCC/C=C\C/C=C\CCCCCCCCCC(=O)OCCCCCCCCCCCCCC/C=C\CCCCCCCCCCCCCCCCCC(=O)NC(CO)C(O)CCCCCCCCCCCCCCCCCCCCCC. The Balaban J connectivity index is 3.36. The fourth-order valence-corrected chi connectivity index (χ4v) is 12.3. The average Bonchev–Trinajstić information content (AvgIpc) is 3.51. The van der Waals surface area contributed by atoms with E-state index in [1.807, 2.05) is 0 Å². The van der Waals surface area contributed by atoms with Gasteiger partial charge in [-0.15, -0.1) is 0 Å². The number of hydrogen-bond acceptors (Lipinski definition) is 5. The van der Waals surface area contributed by atoms with E-state index in [4.69, 9.17) is 4.74 Å². The highest BCUT2D eigenvalue weighted by Crippen LogP contribution is 2.19. The van der Waals surface area contributed by atoms with Crippen LogP contribution in [0.4, 0.5) is 0 Å². The first-order valence-corrected chi connectivity index (χ1v) is 38.7. The number of carbonyl (C=O) groups is 2. The lowest BCUT2D eigenvalue weighted by molar-refractivity contribution is -0.143. The molecule has 0 rings (SSSR count). The molecule has 1 amide bonds. The van der Waals surface area contributed by atoms with E-state index < -0.39 is 12.1 Å². The van der Waals surface area contributed by atoms with E-state index in [0.29, 0.717) is 25.9 Å². The van der Waals surface area contributed by atoms with Gasteiger partial charge in [0.25, 0.3) is 0 Å². The molecule has 0 radical (unpaired) electrons. The minimum Gasteiger partial charge on any atom is -0.466 e. The van der Waals surface area contributed by atoms with E-state index in [-0.39, 0.29) is 18.5 Å². The van der Waals surface area contributed by atoms with Crippen molar-refractivity contribution in [1.82, 2.24) is 5.32 Å². The van der Waals surface area contributed by atoms with E-state index >= 15 is 0 Å². The third kappa shape index (κ3) is 71.0. The van der Waals surface area contributed by atoms with Gasteiger partial charge in [-0.1, -0.05) is 371 Å². The van der Waals surface area contributed by atoms with Crippen molar-refractivity contribution in [3.63, 3.8) is 0 Å². The zero-order valence-electron chi connectivity index (χ0n) is 57.6. The summed E-state index contributed by atoms with van der Waals surface area (Å²) in [4.78, 5) is 24.7. The van der Waals surface area contributed by atoms with Gasteiger partial charge in [0.05, 0.1) is 25.4 Å². The minimum atomic E-state index is -0.664. The molecule has 0 aromatic rings. The normalized spacial score (nSPS) is 12.7. The molecule has 0 saturated heterocycles. The van der Waals surface area contributed by atoms with Crippen LogP contribution < -0.4 is 5.32 Å². The lowest BCUT2D eigenvalue weighted by atomic mass is 10.0. The van der Waals surface area contributed by atoms with Crippen molar-refractivity contribution in [2.24, 2.45) is 0 Å². The molecule has 6 nitrogen and oxygen atoms in total. The summed E-state index contributed by atoms with van der Waals surface area (Å²) in [5, 5.41) is 23.4. The van der Waals surface area contributed by atoms with Gasteiger partial charge in [-0.25, -0.2) is 0 Å². The maximum absolute atomic E-state index is 12.6. The predicted molar refractivity (Wildman–Crippen MR) is 375 cm³/mol. The highest BCUT2D eigenvalue weighted by molar-refractivity contribution is 5.76. The van der Waals surface area contributed by atoms with Crippen LogP contribution >= 0.6 is 0 Å². The molecule has 0 fully saturated rings. The van der Waals surface area contributed by atoms with Gasteiger partial charge in [-0.2, -0.15) is 0 Å². The number of ether oxygens (including phenoxy) is 1. The third-order valence-electron chi connectivity index (χ3n) is 18.2. The van der Waals surface area contributed by atoms with Crippen LogP contribution in [0.1, 0.15) is 431 Å². The summed E-state index contributed by atoms with van der Waals surface area (Å²) in [6, 6.07) is -0.541. The molecule has 2 unspecified atom stereocenters. The molecule has 0 heterocycles. The lowest BCUT2D eigenvalue weighted by Crippen LogP contribution is -2.45. The van der Waals surface area contributed by atoms with Gasteiger partial charge in [-0.05, 0) is 83.5 Å². The van der Waals surface area contributed by atoms with E-state index in [9.17, 15) is 19.8 Å². The molecular weight excluding hydrogens is 1040 g/mol. The zero-order valence-corrected chi connectivity index (χ0v) is 57.6. The minimum absolute atomic E-state index is 0.0106. The highest BCUT2D eigenvalue weighted by Gasteiger charge is 2.20. The molecule has 2 atom stereocenters. The Labute approximate surface area is 532 Å². The average molecular weight is 1200 g/mol. The summed E-state index contributed by atoms with van der Waals surface area (Å²) in [5.41, 5.74) is 0.